The van der Waals surface area contributed by atoms with E-state index in [9.17, 15) is 5.11 Å². The van der Waals surface area contributed by atoms with Gasteiger partial charge >= 0.3 is 0 Å². The molecule has 3 unspecified atom stereocenters. The molecule has 1 aliphatic rings. The predicted octanol–water partition coefficient (Wildman–Crippen LogP) is 2.98. The van der Waals surface area contributed by atoms with Gasteiger partial charge in [0.25, 0.3) is 0 Å². The number of aliphatic hydroxyl groups excluding tert-OH is 1. The third-order valence-electron chi connectivity index (χ3n) is 3.99. The fourth-order valence-corrected chi connectivity index (χ4v) is 2.81. The van der Waals surface area contributed by atoms with Gasteiger partial charge in [0, 0.05) is 13.0 Å². The van der Waals surface area contributed by atoms with Gasteiger partial charge in [-0.2, -0.15) is 5.10 Å². The van der Waals surface area contributed by atoms with Crippen LogP contribution < -0.4 is 0 Å². The Labute approximate surface area is 128 Å². The second kappa shape index (κ2) is 5.83. The molecule has 0 spiro atoms. The van der Waals surface area contributed by atoms with Gasteiger partial charge in [-0.05, 0) is 24.5 Å². The molecule has 2 heterocycles. The van der Waals surface area contributed by atoms with Gasteiger partial charge in [-0.3, -0.25) is 4.68 Å². The van der Waals surface area contributed by atoms with Crippen LogP contribution in [-0.4, -0.2) is 28.6 Å². The second-order valence-corrected chi connectivity index (χ2v) is 5.96. The van der Waals surface area contributed by atoms with Crippen molar-refractivity contribution in [3.05, 3.63) is 40.6 Å². The molecule has 2 aromatic heterocycles. The van der Waals surface area contributed by atoms with Crippen molar-refractivity contribution >= 4 is 11.6 Å². The normalized spacial score (nSPS) is 22.5. The molecule has 1 fully saturated rings. The molecule has 1 N–H and O–H groups in total. The number of ether oxygens (including phenoxy) is 1. The van der Waals surface area contributed by atoms with E-state index in [1.807, 2.05) is 12.1 Å². The number of hydrogen-bond donors (Lipinski definition) is 1. The number of hydrogen-bond acceptors (Lipinski definition) is 4. The average molecular weight is 311 g/mol. The number of halogens is 1. The van der Waals surface area contributed by atoms with E-state index in [2.05, 4.69) is 12.0 Å². The van der Waals surface area contributed by atoms with Gasteiger partial charge in [0.15, 0.2) is 6.10 Å². The van der Waals surface area contributed by atoms with Crippen LogP contribution in [0.5, 0.6) is 0 Å². The smallest absolute Gasteiger partial charge is 0.155 e. The Morgan fingerprint density at radius 3 is 3.00 bits per heavy atom. The zero-order chi connectivity index (χ0) is 15.0. The minimum Gasteiger partial charge on any atom is -0.463 e. The summed E-state index contributed by atoms with van der Waals surface area (Å²) in [5.41, 5.74) is 0.540. The zero-order valence-corrected chi connectivity index (χ0v) is 12.9. The van der Waals surface area contributed by atoms with Gasteiger partial charge in [-0.15, -0.1) is 0 Å². The summed E-state index contributed by atoms with van der Waals surface area (Å²) in [6.07, 6.45) is 1.76. The molecule has 2 aromatic rings. The third kappa shape index (κ3) is 2.86. The van der Waals surface area contributed by atoms with Crippen LogP contribution in [0.2, 0.25) is 5.02 Å². The summed E-state index contributed by atoms with van der Waals surface area (Å²) in [5.74, 6) is 2.59. The fraction of sp³-hybridized carbons (Fsp3) is 0.533. The van der Waals surface area contributed by atoms with Gasteiger partial charge in [0.05, 0.1) is 30.1 Å². The average Bonchev–Trinajstić information content (AvgIpc) is 2.91. The number of aromatic nitrogens is 2. The minimum absolute atomic E-state index is 0.427. The van der Waals surface area contributed by atoms with E-state index >= 15 is 0 Å². The number of nitrogens with zero attached hydrogens (tertiary/aromatic N) is 2. The van der Waals surface area contributed by atoms with Crippen LogP contribution in [0.3, 0.4) is 0 Å². The van der Waals surface area contributed by atoms with Crippen LogP contribution in [0.4, 0.5) is 0 Å². The highest BCUT2D eigenvalue weighted by Gasteiger charge is 2.37. The van der Waals surface area contributed by atoms with Crippen molar-refractivity contribution in [1.29, 1.82) is 0 Å². The van der Waals surface area contributed by atoms with Gasteiger partial charge < -0.3 is 14.3 Å². The van der Waals surface area contributed by atoms with E-state index in [1.165, 1.54) is 6.20 Å². The Bertz CT molecular complexity index is 622. The molecule has 1 aliphatic carbocycles. The van der Waals surface area contributed by atoms with Crippen molar-refractivity contribution in [2.45, 2.75) is 31.9 Å². The van der Waals surface area contributed by atoms with E-state index in [0.717, 1.165) is 12.2 Å². The lowest BCUT2D eigenvalue weighted by Gasteiger charge is -2.12. The highest BCUT2D eigenvalue weighted by atomic mass is 35.5. The van der Waals surface area contributed by atoms with E-state index in [-0.39, 0.29) is 0 Å². The molecule has 0 amide bonds. The standard InChI is InChI=1S/C15H19ClN2O3/c1-9-7-10(9)12-3-4-13(21-12)15(19)14-11(16)8-17-18(14)5-6-20-2/h3-4,8-10,15,19H,5-7H2,1-2H3. The maximum Gasteiger partial charge on any atom is 0.155 e. The van der Waals surface area contributed by atoms with Crippen LogP contribution in [0.1, 0.15) is 42.6 Å². The van der Waals surface area contributed by atoms with Crippen LogP contribution >= 0.6 is 11.6 Å². The van der Waals surface area contributed by atoms with Gasteiger partial charge in [0.2, 0.25) is 0 Å². The van der Waals surface area contributed by atoms with Crippen molar-refractivity contribution in [3.8, 4) is 0 Å². The first kappa shape index (κ1) is 14.6. The quantitative estimate of drug-likeness (QED) is 0.891. The lowest BCUT2D eigenvalue weighted by atomic mass is 10.2. The monoisotopic (exact) mass is 310 g/mol. The molecule has 114 valence electrons. The third-order valence-corrected chi connectivity index (χ3v) is 4.28. The largest absolute Gasteiger partial charge is 0.463 e. The number of furan rings is 1. The van der Waals surface area contributed by atoms with Crippen molar-refractivity contribution in [2.75, 3.05) is 13.7 Å². The first-order chi connectivity index (χ1) is 10.1. The molecular formula is C15H19ClN2O3. The van der Waals surface area contributed by atoms with Crippen molar-refractivity contribution in [1.82, 2.24) is 9.78 Å². The summed E-state index contributed by atoms with van der Waals surface area (Å²) in [7, 11) is 1.62. The van der Waals surface area contributed by atoms with Crippen LogP contribution in [-0.2, 0) is 11.3 Å². The Morgan fingerprint density at radius 1 is 1.57 bits per heavy atom. The van der Waals surface area contributed by atoms with Gasteiger partial charge in [0.1, 0.15) is 11.5 Å². The number of methoxy groups -OCH3 is 1. The van der Waals surface area contributed by atoms with Crippen LogP contribution in [0, 0.1) is 5.92 Å². The first-order valence-electron chi connectivity index (χ1n) is 7.09. The number of aliphatic hydroxyl groups is 1. The second-order valence-electron chi connectivity index (χ2n) is 5.56. The lowest BCUT2D eigenvalue weighted by molar-refractivity contribution is 0.159. The Kier molecular flexibility index (Phi) is 4.06. The van der Waals surface area contributed by atoms with E-state index in [4.69, 9.17) is 20.8 Å². The highest BCUT2D eigenvalue weighted by Crippen LogP contribution is 2.48. The lowest BCUT2D eigenvalue weighted by Crippen LogP contribution is -2.13. The summed E-state index contributed by atoms with van der Waals surface area (Å²) in [5, 5.41) is 15.1. The molecule has 0 radical (unpaired) electrons. The van der Waals surface area contributed by atoms with Gasteiger partial charge in [-0.1, -0.05) is 18.5 Å². The maximum atomic E-state index is 10.5. The Balaban J connectivity index is 1.82. The summed E-state index contributed by atoms with van der Waals surface area (Å²) in [6, 6.07) is 3.76. The molecule has 21 heavy (non-hydrogen) atoms. The molecule has 6 heteroatoms. The molecule has 1 saturated carbocycles. The molecule has 0 aliphatic heterocycles. The maximum absolute atomic E-state index is 10.5. The number of rotatable bonds is 6. The Hall–Kier alpha value is -1.30. The first-order valence-corrected chi connectivity index (χ1v) is 7.47. The van der Waals surface area contributed by atoms with E-state index in [0.29, 0.717) is 41.5 Å². The summed E-state index contributed by atoms with van der Waals surface area (Å²) >= 11 is 6.15. The SMILES string of the molecule is COCCn1ncc(Cl)c1C(O)c1ccc(C2CC2C)o1. The zero-order valence-electron chi connectivity index (χ0n) is 12.1. The molecular weight excluding hydrogens is 292 g/mol. The predicted molar refractivity (Wildman–Crippen MR) is 78.4 cm³/mol. The molecule has 3 rings (SSSR count). The summed E-state index contributed by atoms with van der Waals surface area (Å²) in [4.78, 5) is 0. The molecule has 0 bridgehead atoms. The van der Waals surface area contributed by atoms with E-state index in [1.54, 1.807) is 11.8 Å². The summed E-state index contributed by atoms with van der Waals surface area (Å²) in [6.45, 7) is 3.23. The fourth-order valence-electron chi connectivity index (χ4n) is 2.57. The summed E-state index contributed by atoms with van der Waals surface area (Å²) < 4.78 is 12.5. The van der Waals surface area contributed by atoms with Crippen molar-refractivity contribution in [3.63, 3.8) is 0 Å². The van der Waals surface area contributed by atoms with Crippen LogP contribution in [0.15, 0.2) is 22.7 Å². The highest BCUT2D eigenvalue weighted by molar-refractivity contribution is 6.31. The van der Waals surface area contributed by atoms with E-state index < -0.39 is 6.10 Å². The van der Waals surface area contributed by atoms with Crippen molar-refractivity contribution in [2.24, 2.45) is 5.92 Å². The molecule has 0 saturated heterocycles. The molecule has 3 atom stereocenters. The molecule has 5 nitrogen and oxygen atoms in total. The van der Waals surface area contributed by atoms with Crippen molar-refractivity contribution < 1.29 is 14.3 Å². The topological polar surface area (TPSA) is 60.4 Å². The minimum atomic E-state index is -0.917. The van der Waals surface area contributed by atoms with Crippen LogP contribution in [0.25, 0.3) is 0 Å². The molecule has 0 aromatic carbocycles. The Morgan fingerprint density at radius 2 is 2.33 bits per heavy atom. The van der Waals surface area contributed by atoms with Gasteiger partial charge in [-0.25, -0.2) is 0 Å².